The van der Waals surface area contributed by atoms with Gasteiger partial charge in [0.1, 0.15) is 21.8 Å². The number of methoxy groups -OCH3 is 1. The number of nitrogens with zero attached hydrogens (tertiary/aromatic N) is 2. The summed E-state index contributed by atoms with van der Waals surface area (Å²) < 4.78 is 12.0. The maximum atomic E-state index is 9.54. The number of ether oxygens (including phenoxy) is 2. The molecule has 118 valence electrons. The lowest BCUT2D eigenvalue weighted by Crippen LogP contribution is -2.30. The highest BCUT2D eigenvalue weighted by molar-refractivity contribution is 9.09. The summed E-state index contributed by atoms with van der Waals surface area (Å²) in [6.45, 7) is 0.588. The van der Waals surface area contributed by atoms with Crippen LogP contribution in [0.5, 0.6) is 5.75 Å². The smallest absolute Gasteiger partial charge is 0.180 e. The molecule has 2 atom stereocenters. The van der Waals surface area contributed by atoms with E-state index in [9.17, 15) is 5.11 Å². The molecule has 2 unspecified atom stereocenters. The van der Waals surface area contributed by atoms with Crippen molar-refractivity contribution in [1.82, 2.24) is 4.98 Å². The second kappa shape index (κ2) is 7.27. The lowest BCUT2D eigenvalue weighted by atomic mass is 10.3. The van der Waals surface area contributed by atoms with E-state index >= 15 is 0 Å². The number of aliphatic imine (C=N–C) groups is 1. The van der Waals surface area contributed by atoms with Gasteiger partial charge in [-0.25, -0.2) is 4.98 Å². The molecule has 0 saturated heterocycles. The SMILES string of the molecule is COC(OCCBr)C1CSC(c2nc3ccc(O)cc3s2)=N1. The molecule has 2 heterocycles. The van der Waals surface area contributed by atoms with Gasteiger partial charge in [0.2, 0.25) is 0 Å². The van der Waals surface area contributed by atoms with Gasteiger partial charge in [0.15, 0.2) is 6.29 Å². The number of phenols is 1. The first-order valence-electron chi connectivity index (χ1n) is 6.72. The Morgan fingerprint density at radius 2 is 2.36 bits per heavy atom. The highest BCUT2D eigenvalue weighted by atomic mass is 79.9. The zero-order chi connectivity index (χ0) is 15.5. The minimum Gasteiger partial charge on any atom is -0.508 e. The van der Waals surface area contributed by atoms with Crippen molar-refractivity contribution < 1.29 is 14.6 Å². The Morgan fingerprint density at radius 3 is 3.14 bits per heavy atom. The fraction of sp³-hybridized carbons (Fsp3) is 0.429. The van der Waals surface area contributed by atoms with Crippen LogP contribution in [0.2, 0.25) is 0 Å². The van der Waals surface area contributed by atoms with E-state index in [0.29, 0.717) is 6.61 Å². The molecule has 0 saturated carbocycles. The van der Waals surface area contributed by atoms with Crippen molar-refractivity contribution in [1.29, 1.82) is 0 Å². The van der Waals surface area contributed by atoms with Crippen LogP contribution in [0.4, 0.5) is 0 Å². The van der Waals surface area contributed by atoms with Crippen molar-refractivity contribution in [3.8, 4) is 5.75 Å². The third-order valence-corrected chi connectivity index (χ3v) is 5.69. The first kappa shape index (κ1) is 16.2. The van der Waals surface area contributed by atoms with Gasteiger partial charge in [-0.1, -0.05) is 15.9 Å². The van der Waals surface area contributed by atoms with Crippen LogP contribution >= 0.6 is 39.0 Å². The third kappa shape index (κ3) is 3.46. The van der Waals surface area contributed by atoms with Crippen LogP contribution in [0.15, 0.2) is 23.2 Å². The molecule has 0 spiro atoms. The molecule has 1 aromatic carbocycles. The average molecular weight is 403 g/mol. The Balaban J connectivity index is 1.80. The Labute approximate surface area is 144 Å². The Morgan fingerprint density at radius 1 is 1.50 bits per heavy atom. The predicted octanol–water partition coefficient (Wildman–Crippen LogP) is 3.25. The van der Waals surface area contributed by atoms with Gasteiger partial charge in [0.25, 0.3) is 0 Å². The fourth-order valence-electron chi connectivity index (χ4n) is 2.15. The van der Waals surface area contributed by atoms with E-state index in [1.54, 1.807) is 31.0 Å². The second-order valence-corrected chi connectivity index (χ2v) is 7.48. The molecule has 3 rings (SSSR count). The number of benzene rings is 1. The highest BCUT2D eigenvalue weighted by Crippen LogP contribution is 2.32. The molecule has 1 aromatic heterocycles. The average Bonchev–Trinajstić information content (AvgIpc) is 3.14. The Hall–Kier alpha value is -0.670. The minimum absolute atomic E-state index is 0.0236. The molecule has 0 amide bonds. The number of rotatable bonds is 6. The highest BCUT2D eigenvalue weighted by Gasteiger charge is 2.29. The molecule has 8 heteroatoms. The quantitative estimate of drug-likeness (QED) is 0.593. The number of fused-ring (bicyclic) bond motifs is 1. The molecule has 1 aliphatic rings. The molecular formula is C14H15BrN2O3S2. The lowest BCUT2D eigenvalue weighted by molar-refractivity contribution is -0.127. The molecule has 1 aliphatic heterocycles. The monoisotopic (exact) mass is 402 g/mol. The molecule has 0 aliphatic carbocycles. The van der Waals surface area contributed by atoms with Crippen molar-refractivity contribution in [2.24, 2.45) is 4.99 Å². The van der Waals surface area contributed by atoms with E-state index in [-0.39, 0.29) is 18.1 Å². The van der Waals surface area contributed by atoms with Gasteiger partial charge < -0.3 is 14.6 Å². The van der Waals surface area contributed by atoms with Gasteiger partial charge in [-0.15, -0.1) is 23.1 Å². The van der Waals surface area contributed by atoms with E-state index in [4.69, 9.17) is 14.5 Å². The van der Waals surface area contributed by atoms with Gasteiger partial charge >= 0.3 is 0 Å². The van der Waals surface area contributed by atoms with E-state index in [2.05, 4.69) is 20.9 Å². The van der Waals surface area contributed by atoms with Gasteiger partial charge in [0, 0.05) is 18.2 Å². The maximum Gasteiger partial charge on any atom is 0.180 e. The molecule has 1 N–H and O–H groups in total. The van der Waals surface area contributed by atoms with Gasteiger partial charge in [-0.2, -0.15) is 0 Å². The van der Waals surface area contributed by atoms with E-state index in [0.717, 1.165) is 31.4 Å². The first-order valence-corrected chi connectivity index (χ1v) is 9.64. The molecule has 5 nitrogen and oxygen atoms in total. The van der Waals surface area contributed by atoms with Crippen LogP contribution in [-0.2, 0) is 9.47 Å². The van der Waals surface area contributed by atoms with Crippen LogP contribution in [0, 0.1) is 0 Å². The van der Waals surface area contributed by atoms with E-state index in [1.165, 1.54) is 11.3 Å². The zero-order valence-electron chi connectivity index (χ0n) is 11.9. The number of aromatic nitrogens is 1. The molecule has 0 radical (unpaired) electrons. The minimum atomic E-state index is -0.332. The Bertz CT molecular complexity index is 692. The van der Waals surface area contributed by atoms with Crippen molar-refractivity contribution in [3.63, 3.8) is 0 Å². The van der Waals surface area contributed by atoms with Crippen molar-refractivity contribution in [2.45, 2.75) is 12.3 Å². The number of hydrogen-bond donors (Lipinski definition) is 1. The lowest BCUT2D eigenvalue weighted by Gasteiger charge is -2.19. The van der Waals surface area contributed by atoms with Crippen LogP contribution in [0.25, 0.3) is 10.2 Å². The standard InChI is InChI=1S/C14H15BrN2O3S2/c1-19-14(20-5-4-15)10-7-21-12(17-10)13-16-9-3-2-8(18)6-11(9)22-13/h2-3,6,10,14,18H,4-5,7H2,1H3. The zero-order valence-corrected chi connectivity index (χ0v) is 15.1. The largest absolute Gasteiger partial charge is 0.508 e. The maximum absolute atomic E-state index is 9.54. The number of alkyl halides is 1. The summed E-state index contributed by atoms with van der Waals surface area (Å²) in [4.78, 5) is 9.28. The van der Waals surface area contributed by atoms with Crippen molar-refractivity contribution in [3.05, 3.63) is 23.2 Å². The molecular weight excluding hydrogens is 388 g/mol. The second-order valence-electron chi connectivity index (χ2n) is 4.65. The summed E-state index contributed by atoms with van der Waals surface area (Å²) in [5, 5.41) is 12.1. The number of aromatic hydroxyl groups is 1. The van der Waals surface area contributed by atoms with Gasteiger partial charge in [-0.3, -0.25) is 4.99 Å². The summed E-state index contributed by atoms with van der Waals surface area (Å²) in [5.41, 5.74) is 0.878. The van der Waals surface area contributed by atoms with Crippen LogP contribution < -0.4 is 0 Å². The van der Waals surface area contributed by atoms with E-state index < -0.39 is 0 Å². The van der Waals surface area contributed by atoms with Crippen LogP contribution in [0.3, 0.4) is 0 Å². The van der Waals surface area contributed by atoms with Gasteiger partial charge in [0.05, 0.1) is 16.8 Å². The molecule has 22 heavy (non-hydrogen) atoms. The molecule has 0 bridgehead atoms. The summed E-state index contributed by atoms with van der Waals surface area (Å²) >= 11 is 6.54. The summed E-state index contributed by atoms with van der Waals surface area (Å²) in [7, 11) is 1.64. The number of phenolic OH excluding ortho intramolecular Hbond substituents is 1. The fourth-order valence-corrected chi connectivity index (χ4v) is 4.47. The summed E-state index contributed by atoms with van der Waals surface area (Å²) in [6.07, 6.45) is -0.332. The van der Waals surface area contributed by atoms with Gasteiger partial charge in [-0.05, 0) is 18.2 Å². The summed E-state index contributed by atoms with van der Waals surface area (Å²) in [5.74, 6) is 1.07. The molecule has 2 aromatic rings. The number of hydrogen-bond acceptors (Lipinski definition) is 7. The Kier molecular flexibility index (Phi) is 5.35. The predicted molar refractivity (Wildman–Crippen MR) is 94.6 cm³/mol. The third-order valence-electron chi connectivity index (χ3n) is 3.13. The topological polar surface area (TPSA) is 63.9 Å². The van der Waals surface area contributed by atoms with E-state index in [1.807, 2.05) is 6.07 Å². The number of thioether (sulfide) groups is 1. The van der Waals surface area contributed by atoms with Crippen LogP contribution in [-0.4, -0.2) is 52.3 Å². The van der Waals surface area contributed by atoms with Crippen molar-refractivity contribution in [2.75, 3.05) is 24.8 Å². The van der Waals surface area contributed by atoms with Crippen molar-refractivity contribution >= 4 is 54.3 Å². The first-order chi connectivity index (χ1) is 10.7. The normalized spacial score (nSPS) is 19.5. The number of thiazole rings is 1. The van der Waals surface area contributed by atoms with Crippen LogP contribution in [0.1, 0.15) is 5.01 Å². The number of halogens is 1. The molecule has 0 fully saturated rings. The summed E-state index contributed by atoms with van der Waals surface area (Å²) in [6, 6.07) is 5.17.